The Morgan fingerprint density at radius 2 is 1.95 bits per heavy atom. The zero-order valence-electron chi connectivity index (χ0n) is 22.6. The highest BCUT2D eigenvalue weighted by molar-refractivity contribution is 7.10. The van der Waals surface area contributed by atoms with Crippen LogP contribution < -0.4 is 15.4 Å². The second kappa shape index (κ2) is 12.8. The fourth-order valence-corrected chi connectivity index (χ4v) is 7.01. The minimum absolute atomic E-state index is 0.00100. The Morgan fingerprint density at radius 3 is 2.76 bits per heavy atom. The van der Waals surface area contributed by atoms with Crippen LogP contribution in [0.2, 0.25) is 15.1 Å². The average molecular weight is 654 g/mol. The van der Waals surface area contributed by atoms with Crippen molar-refractivity contribution in [2.75, 3.05) is 19.7 Å². The van der Waals surface area contributed by atoms with Crippen molar-refractivity contribution < 1.29 is 18.3 Å². The van der Waals surface area contributed by atoms with Gasteiger partial charge in [-0.25, -0.2) is 13.8 Å². The number of fused-ring (bicyclic) bond motifs is 2. The first-order chi connectivity index (χ1) is 20.3. The van der Waals surface area contributed by atoms with Gasteiger partial charge in [0, 0.05) is 42.7 Å². The lowest BCUT2D eigenvalue weighted by molar-refractivity contribution is -0.128. The van der Waals surface area contributed by atoms with Crippen LogP contribution in [0.15, 0.2) is 41.3 Å². The van der Waals surface area contributed by atoms with Gasteiger partial charge < -0.3 is 20.3 Å². The molecule has 1 aliphatic carbocycles. The molecule has 3 aliphatic rings. The van der Waals surface area contributed by atoms with Gasteiger partial charge in [0.05, 0.1) is 33.4 Å². The highest BCUT2D eigenvalue weighted by Gasteiger charge is 2.41. The summed E-state index contributed by atoms with van der Waals surface area (Å²) in [6, 6.07) is 7.99. The lowest BCUT2D eigenvalue weighted by Crippen LogP contribution is -2.60. The molecule has 2 aromatic carbocycles. The molecule has 3 heterocycles. The Kier molecular flexibility index (Phi) is 9.05. The molecule has 222 valence electrons. The maximum Gasteiger partial charge on any atom is 0.252 e. The lowest BCUT2D eigenvalue weighted by atomic mass is 9.87. The molecule has 1 aromatic heterocycles. The van der Waals surface area contributed by atoms with Gasteiger partial charge in [-0.2, -0.15) is 0 Å². The number of nitrogens with zero attached hydrogens (tertiary/aromatic N) is 2. The van der Waals surface area contributed by atoms with E-state index in [1.54, 1.807) is 6.07 Å². The van der Waals surface area contributed by atoms with E-state index in [4.69, 9.17) is 44.5 Å². The van der Waals surface area contributed by atoms with E-state index in [0.29, 0.717) is 42.4 Å². The molecule has 2 N–H and O–H groups in total. The van der Waals surface area contributed by atoms with Crippen molar-refractivity contribution in [3.05, 3.63) is 84.3 Å². The third-order valence-corrected chi connectivity index (χ3v) is 9.89. The smallest absolute Gasteiger partial charge is 0.252 e. The number of hydrogen-bond donors (Lipinski definition) is 2. The minimum atomic E-state index is -0.902. The van der Waals surface area contributed by atoms with Crippen LogP contribution in [0.25, 0.3) is 5.57 Å². The number of piperazine rings is 1. The molecule has 0 spiro atoms. The standard InChI is InChI=1S/C30H29Cl3F2N4O2S/c31-21-5-1-3-16(26(21)33)14-39(19-6-7-19)30(40)25-20(11-18-12-36-13-24(25)37-18)29-38-17(15-42-29)4-2-10-41-28-23(34)9-8-22(32)27(28)35/h1,3,5,8-9,15,18-19,24,36-37H,2,4,6-7,10-14H2/t18-,24-/m1/s1. The number of benzene rings is 2. The predicted octanol–water partition coefficient (Wildman–Crippen LogP) is 6.67. The Bertz CT molecular complexity index is 1530. The van der Waals surface area contributed by atoms with Crippen LogP contribution in [-0.2, 0) is 17.8 Å². The molecule has 1 saturated carbocycles. The molecule has 0 unspecified atom stereocenters. The van der Waals surface area contributed by atoms with Crippen molar-refractivity contribution in [1.82, 2.24) is 20.5 Å². The number of rotatable bonds is 10. The third-order valence-electron chi connectivity index (χ3n) is 7.79. The molecule has 6 rings (SSSR count). The first kappa shape index (κ1) is 29.8. The van der Waals surface area contributed by atoms with Gasteiger partial charge in [-0.3, -0.25) is 4.79 Å². The molecule has 2 bridgehead atoms. The highest BCUT2D eigenvalue weighted by atomic mass is 35.5. The molecule has 6 nitrogen and oxygen atoms in total. The van der Waals surface area contributed by atoms with Gasteiger partial charge in [-0.1, -0.05) is 46.9 Å². The molecule has 2 atom stereocenters. The summed E-state index contributed by atoms with van der Waals surface area (Å²) in [7, 11) is 0. The van der Waals surface area contributed by atoms with Gasteiger partial charge in [0.2, 0.25) is 0 Å². The summed E-state index contributed by atoms with van der Waals surface area (Å²) in [5, 5.41) is 10.7. The maximum atomic E-state index is 14.3. The number of aromatic nitrogens is 1. The molecule has 2 fully saturated rings. The minimum Gasteiger partial charge on any atom is -0.488 e. The zero-order chi connectivity index (χ0) is 29.4. The average Bonchev–Trinajstić information content (AvgIpc) is 3.71. The van der Waals surface area contributed by atoms with Gasteiger partial charge in [-0.15, -0.1) is 11.3 Å². The fraction of sp³-hybridized carbons (Fsp3) is 0.400. The van der Waals surface area contributed by atoms with Crippen molar-refractivity contribution in [3.63, 3.8) is 0 Å². The molecule has 12 heteroatoms. The van der Waals surface area contributed by atoms with Gasteiger partial charge in [0.25, 0.3) is 5.91 Å². The Morgan fingerprint density at radius 1 is 1.12 bits per heavy atom. The summed E-state index contributed by atoms with van der Waals surface area (Å²) >= 11 is 20.1. The first-order valence-corrected chi connectivity index (χ1v) is 16.0. The summed E-state index contributed by atoms with van der Waals surface area (Å²) in [4.78, 5) is 21.1. The number of aryl methyl sites for hydroxylation is 1. The van der Waals surface area contributed by atoms with Crippen LogP contribution in [0, 0.1) is 11.6 Å². The Labute approximate surface area is 262 Å². The highest BCUT2D eigenvalue weighted by Crippen LogP contribution is 2.38. The van der Waals surface area contributed by atoms with Gasteiger partial charge in [-0.05, 0) is 61.4 Å². The van der Waals surface area contributed by atoms with E-state index in [9.17, 15) is 13.6 Å². The third kappa shape index (κ3) is 6.32. The maximum absolute atomic E-state index is 14.3. The summed E-state index contributed by atoms with van der Waals surface area (Å²) in [5.74, 6) is -2.16. The van der Waals surface area contributed by atoms with Crippen molar-refractivity contribution in [3.8, 4) is 5.75 Å². The van der Waals surface area contributed by atoms with Gasteiger partial charge >= 0.3 is 0 Å². The summed E-state index contributed by atoms with van der Waals surface area (Å²) in [5.41, 5.74) is 3.40. The van der Waals surface area contributed by atoms with Gasteiger partial charge in [0.1, 0.15) is 5.01 Å². The van der Waals surface area contributed by atoms with E-state index in [2.05, 4.69) is 10.6 Å². The molecule has 1 saturated heterocycles. The van der Waals surface area contributed by atoms with Crippen molar-refractivity contribution in [2.24, 2.45) is 0 Å². The van der Waals surface area contributed by atoms with E-state index in [1.807, 2.05) is 22.4 Å². The Hall–Kier alpha value is -2.27. The second-order valence-electron chi connectivity index (χ2n) is 10.8. The number of carbonyl (C=O) groups excluding carboxylic acids is 1. The quantitative estimate of drug-likeness (QED) is 0.189. The zero-order valence-corrected chi connectivity index (χ0v) is 25.7. The Balaban J connectivity index is 1.21. The van der Waals surface area contributed by atoms with Crippen LogP contribution >= 0.6 is 46.1 Å². The normalized spacial score (nSPS) is 20.1. The summed E-state index contributed by atoms with van der Waals surface area (Å²) < 4.78 is 33.5. The number of hydrogen-bond acceptors (Lipinski definition) is 6. The topological polar surface area (TPSA) is 66.5 Å². The second-order valence-corrected chi connectivity index (χ2v) is 12.9. The van der Waals surface area contributed by atoms with Crippen molar-refractivity contribution >= 4 is 57.6 Å². The monoisotopic (exact) mass is 652 g/mol. The molecule has 2 aliphatic heterocycles. The van der Waals surface area contributed by atoms with Crippen molar-refractivity contribution in [1.29, 1.82) is 0 Å². The number of nitrogens with one attached hydrogen (secondary N) is 2. The van der Waals surface area contributed by atoms with E-state index in [1.165, 1.54) is 11.3 Å². The van der Waals surface area contributed by atoms with Crippen molar-refractivity contribution in [2.45, 2.75) is 56.8 Å². The van der Waals surface area contributed by atoms with E-state index < -0.39 is 17.4 Å². The molecule has 3 aromatic rings. The molecule has 0 radical (unpaired) electrons. The number of ether oxygens (including phenoxy) is 1. The SMILES string of the molecule is O=C(C1=C(c2nc(CCCOc3c(F)ccc(Cl)c3F)cs2)C[C@@H]2CNC[C@H]1N2)N(Cc1cccc(Cl)c1Cl)C1CC1. The largest absolute Gasteiger partial charge is 0.488 e. The number of halogens is 5. The summed E-state index contributed by atoms with van der Waals surface area (Å²) in [6.45, 7) is 1.97. The number of thiazole rings is 1. The van der Waals surface area contributed by atoms with E-state index in [-0.39, 0.29) is 35.7 Å². The van der Waals surface area contributed by atoms with E-state index >= 15 is 0 Å². The number of carbonyl (C=O) groups is 1. The fourth-order valence-electron chi connectivity index (χ4n) is 5.56. The lowest BCUT2D eigenvalue weighted by Gasteiger charge is -2.40. The van der Waals surface area contributed by atoms with E-state index in [0.717, 1.165) is 58.9 Å². The molecular weight excluding hydrogens is 625 g/mol. The molecule has 1 amide bonds. The molecular formula is C30H29Cl3F2N4O2S. The van der Waals surface area contributed by atoms with Crippen LogP contribution in [-0.4, -0.2) is 53.6 Å². The predicted molar refractivity (Wildman–Crippen MR) is 162 cm³/mol. The first-order valence-electron chi connectivity index (χ1n) is 13.9. The summed E-state index contributed by atoms with van der Waals surface area (Å²) in [6.07, 6.45) is 3.66. The van der Waals surface area contributed by atoms with Crippen LogP contribution in [0.3, 0.4) is 0 Å². The number of amides is 1. The molecule has 42 heavy (non-hydrogen) atoms. The van der Waals surface area contributed by atoms with Crippen LogP contribution in [0.4, 0.5) is 8.78 Å². The van der Waals surface area contributed by atoms with Crippen LogP contribution in [0.5, 0.6) is 5.75 Å². The van der Waals surface area contributed by atoms with Gasteiger partial charge in [0.15, 0.2) is 17.4 Å². The van der Waals surface area contributed by atoms with Crippen LogP contribution in [0.1, 0.15) is 41.9 Å².